The number of carbonyl (C=O) groups is 1. The maximum atomic E-state index is 12.2. The standard InChI is InChI=1S/C22H36O5/c1-16(23)7-5-3-2-4-6-8-18(24)9-10-19-20-15-22(26-11-12-27-22)14-17(20)13-21(19)25/h9-10,16-17,19-21,23,25H,2-8,11-15H2,1H3/t16?,17-,19+,20-,21+/m1/s1. The van der Waals surface area contributed by atoms with Crippen molar-refractivity contribution in [3.8, 4) is 0 Å². The molecule has 27 heavy (non-hydrogen) atoms. The average molecular weight is 381 g/mol. The first-order valence-electron chi connectivity index (χ1n) is 10.8. The minimum atomic E-state index is -0.417. The lowest BCUT2D eigenvalue weighted by atomic mass is 9.90. The van der Waals surface area contributed by atoms with E-state index in [4.69, 9.17) is 9.47 Å². The quantitative estimate of drug-likeness (QED) is 0.449. The number of ketones is 1. The maximum Gasteiger partial charge on any atom is 0.169 e. The molecule has 2 aliphatic carbocycles. The minimum absolute atomic E-state index is 0.0478. The first kappa shape index (κ1) is 21.0. The molecule has 1 heterocycles. The highest BCUT2D eigenvalue weighted by atomic mass is 16.7. The molecular formula is C22H36O5. The maximum absolute atomic E-state index is 12.2. The van der Waals surface area contributed by atoms with Crippen molar-refractivity contribution in [1.82, 2.24) is 0 Å². The molecule has 3 fully saturated rings. The van der Waals surface area contributed by atoms with Crippen LogP contribution in [-0.4, -0.2) is 47.2 Å². The van der Waals surface area contributed by atoms with Gasteiger partial charge in [0.2, 0.25) is 0 Å². The molecule has 1 saturated heterocycles. The number of carbonyl (C=O) groups excluding carboxylic acids is 1. The van der Waals surface area contributed by atoms with Crippen LogP contribution >= 0.6 is 0 Å². The van der Waals surface area contributed by atoms with E-state index in [-0.39, 0.29) is 23.9 Å². The number of hydrogen-bond donors (Lipinski definition) is 2. The Labute approximate surface area is 163 Å². The van der Waals surface area contributed by atoms with Gasteiger partial charge in [-0.2, -0.15) is 0 Å². The van der Waals surface area contributed by atoms with Gasteiger partial charge in [0.25, 0.3) is 0 Å². The molecule has 0 aromatic heterocycles. The fraction of sp³-hybridized carbons (Fsp3) is 0.864. The van der Waals surface area contributed by atoms with Crippen molar-refractivity contribution in [3.05, 3.63) is 12.2 Å². The van der Waals surface area contributed by atoms with Gasteiger partial charge in [0.1, 0.15) is 0 Å². The molecule has 1 spiro atoms. The molecule has 0 bridgehead atoms. The zero-order valence-electron chi connectivity index (χ0n) is 16.6. The van der Waals surface area contributed by atoms with Gasteiger partial charge in [-0.05, 0) is 44.1 Å². The van der Waals surface area contributed by atoms with Crippen LogP contribution in [0.25, 0.3) is 0 Å². The molecular weight excluding hydrogens is 344 g/mol. The summed E-state index contributed by atoms with van der Waals surface area (Å²) >= 11 is 0. The molecule has 5 heteroatoms. The van der Waals surface area contributed by atoms with E-state index in [9.17, 15) is 15.0 Å². The summed E-state index contributed by atoms with van der Waals surface area (Å²) in [7, 11) is 0. The predicted molar refractivity (Wildman–Crippen MR) is 103 cm³/mol. The summed E-state index contributed by atoms with van der Waals surface area (Å²) in [4.78, 5) is 12.2. The second-order valence-corrected chi connectivity index (χ2v) is 8.80. The zero-order valence-corrected chi connectivity index (χ0v) is 16.6. The Morgan fingerprint density at radius 3 is 2.59 bits per heavy atom. The Kier molecular flexibility index (Phi) is 7.49. The van der Waals surface area contributed by atoms with Crippen molar-refractivity contribution in [3.63, 3.8) is 0 Å². The Bertz CT molecular complexity index is 509. The Hall–Kier alpha value is -0.750. The summed E-state index contributed by atoms with van der Waals surface area (Å²) in [6, 6.07) is 0. The van der Waals surface area contributed by atoms with Crippen molar-refractivity contribution in [1.29, 1.82) is 0 Å². The van der Waals surface area contributed by atoms with Gasteiger partial charge in [0.15, 0.2) is 11.6 Å². The largest absolute Gasteiger partial charge is 0.393 e. The normalized spacial score (nSPS) is 33.1. The van der Waals surface area contributed by atoms with Crippen LogP contribution < -0.4 is 0 Å². The summed E-state index contributed by atoms with van der Waals surface area (Å²) in [5.41, 5.74) is 0. The first-order chi connectivity index (χ1) is 13.0. The number of aliphatic hydroxyl groups is 2. The molecule has 0 aromatic rings. The van der Waals surface area contributed by atoms with Gasteiger partial charge in [0.05, 0.1) is 25.4 Å². The van der Waals surface area contributed by atoms with Crippen LogP contribution in [0.5, 0.6) is 0 Å². The number of aliphatic hydroxyl groups excluding tert-OH is 2. The highest BCUT2D eigenvalue weighted by molar-refractivity contribution is 5.89. The molecule has 2 saturated carbocycles. The van der Waals surface area contributed by atoms with Gasteiger partial charge in [-0.3, -0.25) is 4.79 Å². The monoisotopic (exact) mass is 380 g/mol. The second kappa shape index (κ2) is 9.64. The van der Waals surface area contributed by atoms with E-state index >= 15 is 0 Å². The fourth-order valence-electron chi connectivity index (χ4n) is 5.20. The Morgan fingerprint density at radius 1 is 1.15 bits per heavy atom. The zero-order chi connectivity index (χ0) is 19.3. The smallest absolute Gasteiger partial charge is 0.169 e. The Balaban J connectivity index is 1.36. The summed E-state index contributed by atoms with van der Waals surface area (Å²) in [6.07, 6.45) is 12.3. The van der Waals surface area contributed by atoms with Gasteiger partial charge in [-0.1, -0.05) is 31.8 Å². The third kappa shape index (κ3) is 5.63. The van der Waals surface area contributed by atoms with Gasteiger partial charge >= 0.3 is 0 Å². The van der Waals surface area contributed by atoms with Crippen molar-refractivity contribution < 1.29 is 24.5 Å². The van der Waals surface area contributed by atoms with E-state index in [1.165, 1.54) is 0 Å². The fourth-order valence-corrected chi connectivity index (χ4v) is 5.20. The first-order valence-corrected chi connectivity index (χ1v) is 10.8. The third-order valence-corrected chi connectivity index (χ3v) is 6.57. The molecule has 0 radical (unpaired) electrons. The number of hydrogen-bond acceptors (Lipinski definition) is 5. The predicted octanol–water partition coefficient (Wildman–Crippen LogP) is 3.37. The highest BCUT2D eigenvalue weighted by Gasteiger charge is 2.55. The van der Waals surface area contributed by atoms with Gasteiger partial charge in [-0.25, -0.2) is 0 Å². The van der Waals surface area contributed by atoms with E-state index in [2.05, 4.69) is 0 Å². The van der Waals surface area contributed by atoms with E-state index in [1.54, 1.807) is 6.08 Å². The number of allylic oxidation sites excluding steroid dienone is 1. The van der Waals surface area contributed by atoms with Crippen LogP contribution in [0.2, 0.25) is 0 Å². The van der Waals surface area contributed by atoms with Crippen molar-refractivity contribution >= 4 is 5.78 Å². The summed E-state index contributed by atoms with van der Waals surface area (Å²) < 4.78 is 11.7. The van der Waals surface area contributed by atoms with Crippen LogP contribution in [0.1, 0.15) is 71.1 Å². The molecule has 3 rings (SSSR count). The van der Waals surface area contributed by atoms with Crippen molar-refractivity contribution in [2.45, 2.75) is 89.1 Å². The second-order valence-electron chi connectivity index (χ2n) is 8.80. The van der Waals surface area contributed by atoms with E-state index in [0.29, 0.717) is 31.5 Å². The van der Waals surface area contributed by atoms with Gasteiger partial charge in [0, 0.05) is 25.2 Å². The summed E-state index contributed by atoms with van der Waals surface area (Å²) in [5, 5.41) is 19.6. The van der Waals surface area contributed by atoms with Crippen LogP contribution in [0.3, 0.4) is 0 Å². The lowest BCUT2D eigenvalue weighted by Gasteiger charge is -2.25. The van der Waals surface area contributed by atoms with Gasteiger partial charge in [-0.15, -0.1) is 0 Å². The summed E-state index contributed by atoms with van der Waals surface area (Å²) in [6.45, 7) is 3.16. The van der Waals surface area contributed by atoms with E-state index in [0.717, 1.165) is 57.8 Å². The van der Waals surface area contributed by atoms with Gasteiger partial charge < -0.3 is 19.7 Å². The number of rotatable bonds is 10. The van der Waals surface area contributed by atoms with E-state index < -0.39 is 5.79 Å². The molecule has 2 N–H and O–H groups in total. The molecule has 0 amide bonds. The average Bonchev–Trinajstić information content (AvgIpc) is 3.28. The number of unbranched alkanes of at least 4 members (excludes halogenated alkanes) is 4. The third-order valence-electron chi connectivity index (χ3n) is 6.57. The lowest BCUT2D eigenvalue weighted by Crippen LogP contribution is -2.29. The molecule has 5 nitrogen and oxygen atoms in total. The molecule has 5 atom stereocenters. The minimum Gasteiger partial charge on any atom is -0.393 e. The molecule has 0 aromatic carbocycles. The van der Waals surface area contributed by atoms with E-state index in [1.807, 2.05) is 13.0 Å². The molecule has 1 aliphatic heterocycles. The highest BCUT2D eigenvalue weighted by Crippen LogP contribution is 2.54. The van der Waals surface area contributed by atoms with Crippen molar-refractivity contribution in [2.75, 3.05) is 13.2 Å². The van der Waals surface area contributed by atoms with Crippen molar-refractivity contribution in [2.24, 2.45) is 17.8 Å². The lowest BCUT2D eigenvalue weighted by molar-refractivity contribution is -0.157. The molecule has 1 unspecified atom stereocenters. The summed E-state index contributed by atoms with van der Waals surface area (Å²) in [5.74, 6) is 0.585. The van der Waals surface area contributed by atoms with Crippen LogP contribution in [0, 0.1) is 17.8 Å². The Morgan fingerprint density at radius 2 is 1.85 bits per heavy atom. The van der Waals surface area contributed by atoms with Crippen LogP contribution in [-0.2, 0) is 14.3 Å². The molecule has 154 valence electrons. The number of fused-ring (bicyclic) bond motifs is 1. The topological polar surface area (TPSA) is 76.0 Å². The SMILES string of the molecule is CC(O)CCCCCCCC(=O)C=C[C@H]1[C@@H]2CC3(C[C@H]2C[C@@H]1O)OCCO3. The molecule has 3 aliphatic rings. The van der Waals surface area contributed by atoms with Crippen LogP contribution in [0.4, 0.5) is 0 Å². The van der Waals surface area contributed by atoms with Crippen LogP contribution in [0.15, 0.2) is 12.2 Å². The number of ether oxygens (including phenoxy) is 2.